The number of nitrogens with one attached hydrogen (secondary N) is 1. The van der Waals surface area contributed by atoms with Gasteiger partial charge >= 0.3 is 0 Å². The number of unbranched alkanes of at least 4 members (excludes halogenated alkanes) is 2. The molecule has 8 heteroatoms. The maximum atomic E-state index is 12.2. The van der Waals surface area contributed by atoms with Crippen molar-refractivity contribution in [1.82, 2.24) is 0 Å². The Kier molecular flexibility index (Phi) is 8.05. The Labute approximate surface area is 176 Å². The normalized spacial score (nSPS) is 10.7. The van der Waals surface area contributed by atoms with Gasteiger partial charge in [0.25, 0.3) is 0 Å². The molecule has 0 unspecified atom stereocenters. The van der Waals surface area contributed by atoms with Gasteiger partial charge in [-0.25, -0.2) is 0 Å². The first-order valence-electron chi connectivity index (χ1n) is 7.71. The summed E-state index contributed by atoms with van der Waals surface area (Å²) in [7, 11) is 0. The van der Waals surface area contributed by atoms with E-state index in [-0.39, 0.29) is 12.3 Å². The molecule has 0 radical (unpaired) electrons. The number of amides is 1. The SMILES string of the molecule is O=CCCCCC(=O)Nc1cc(Cl)c(Cl)cc1-c1cc(Cl)c(Cl)cc1Cl. The van der Waals surface area contributed by atoms with Crippen molar-refractivity contribution >= 4 is 75.9 Å². The molecule has 2 aromatic carbocycles. The van der Waals surface area contributed by atoms with E-state index in [2.05, 4.69) is 5.32 Å². The van der Waals surface area contributed by atoms with Crippen molar-refractivity contribution in [1.29, 1.82) is 0 Å². The molecule has 0 heterocycles. The van der Waals surface area contributed by atoms with E-state index >= 15 is 0 Å². The Balaban J connectivity index is 2.35. The Morgan fingerprint density at radius 1 is 0.808 bits per heavy atom. The zero-order chi connectivity index (χ0) is 19.3. The first-order chi connectivity index (χ1) is 12.3. The summed E-state index contributed by atoms with van der Waals surface area (Å²) in [6.45, 7) is 0. The number of rotatable bonds is 7. The molecule has 0 aromatic heterocycles. The molecule has 26 heavy (non-hydrogen) atoms. The molecule has 0 atom stereocenters. The van der Waals surface area contributed by atoms with Crippen LogP contribution in [-0.2, 0) is 9.59 Å². The van der Waals surface area contributed by atoms with Crippen molar-refractivity contribution in [3.05, 3.63) is 49.4 Å². The molecule has 2 aromatic rings. The van der Waals surface area contributed by atoms with Gasteiger partial charge in [-0.15, -0.1) is 0 Å². The van der Waals surface area contributed by atoms with Gasteiger partial charge in [0.1, 0.15) is 6.29 Å². The molecule has 1 N–H and O–H groups in total. The second kappa shape index (κ2) is 9.82. The van der Waals surface area contributed by atoms with Crippen LogP contribution in [0.15, 0.2) is 24.3 Å². The van der Waals surface area contributed by atoms with E-state index in [1.165, 1.54) is 6.07 Å². The molecule has 0 aliphatic rings. The van der Waals surface area contributed by atoms with Crippen molar-refractivity contribution in [2.75, 3.05) is 5.32 Å². The quantitative estimate of drug-likeness (QED) is 0.271. The zero-order valence-electron chi connectivity index (χ0n) is 13.4. The van der Waals surface area contributed by atoms with Crippen molar-refractivity contribution in [2.45, 2.75) is 25.7 Å². The summed E-state index contributed by atoms with van der Waals surface area (Å²) in [4.78, 5) is 22.5. The number of benzene rings is 2. The average molecular weight is 454 g/mol. The number of carbonyl (C=O) groups excluding carboxylic acids is 2. The molecule has 3 nitrogen and oxygen atoms in total. The van der Waals surface area contributed by atoms with Crippen LogP contribution >= 0.6 is 58.0 Å². The van der Waals surface area contributed by atoms with Crippen LogP contribution in [0, 0.1) is 0 Å². The lowest BCUT2D eigenvalue weighted by molar-refractivity contribution is -0.116. The standard InChI is InChI=1S/C18H14Cl5NO2/c19-12-8-15(22)13(20)6-10(12)11-7-14(21)16(23)9-17(11)24-18(26)4-2-1-3-5-25/h5-9H,1-4H2,(H,24,26). The number of anilines is 1. The third kappa shape index (κ3) is 5.51. The van der Waals surface area contributed by atoms with Crippen LogP contribution < -0.4 is 5.32 Å². The minimum absolute atomic E-state index is 0.202. The largest absolute Gasteiger partial charge is 0.325 e. The molecule has 1 amide bonds. The second-order valence-electron chi connectivity index (χ2n) is 5.52. The maximum absolute atomic E-state index is 12.2. The van der Waals surface area contributed by atoms with Crippen LogP contribution in [0.25, 0.3) is 11.1 Å². The minimum atomic E-state index is -0.202. The fraction of sp³-hybridized carbons (Fsp3) is 0.222. The summed E-state index contributed by atoms with van der Waals surface area (Å²) in [5, 5.41) is 4.42. The van der Waals surface area contributed by atoms with E-state index in [0.29, 0.717) is 61.2 Å². The van der Waals surface area contributed by atoms with E-state index in [1.807, 2.05) is 0 Å². The molecular weight excluding hydrogens is 439 g/mol. The Bertz CT molecular complexity index is 839. The van der Waals surface area contributed by atoms with E-state index < -0.39 is 0 Å². The van der Waals surface area contributed by atoms with Gasteiger partial charge in [-0.2, -0.15) is 0 Å². The van der Waals surface area contributed by atoms with Gasteiger partial charge in [0.05, 0.1) is 30.8 Å². The lowest BCUT2D eigenvalue weighted by Crippen LogP contribution is -2.12. The molecule has 0 saturated heterocycles. The summed E-state index contributed by atoms with van der Waals surface area (Å²) < 4.78 is 0. The lowest BCUT2D eigenvalue weighted by Gasteiger charge is -2.15. The maximum Gasteiger partial charge on any atom is 0.224 e. The summed E-state index contributed by atoms with van der Waals surface area (Å²) in [5.41, 5.74) is 1.60. The van der Waals surface area contributed by atoms with E-state index in [1.54, 1.807) is 18.2 Å². The van der Waals surface area contributed by atoms with E-state index in [0.717, 1.165) is 6.29 Å². The summed E-state index contributed by atoms with van der Waals surface area (Å²) in [6.07, 6.45) is 2.81. The minimum Gasteiger partial charge on any atom is -0.325 e. The predicted octanol–water partition coefficient (Wildman–Crippen LogP) is 7.32. The average Bonchev–Trinajstić information content (AvgIpc) is 2.58. The first kappa shape index (κ1) is 21.3. The zero-order valence-corrected chi connectivity index (χ0v) is 17.2. The number of halogens is 5. The highest BCUT2D eigenvalue weighted by Crippen LogP contribution is 2.41. The topological polar surface area (TPSA) is 46.2 Å². The van der Waals surface area contributed by atoms with Crippen molar-refractivity contribution < 1.29 is 9.59 Å². The van der Waals surface area contributed by atoms with Gasteiger partial charge in [0, 0.05) is 24.0 Å². The van der Waals surface area contributed by atoms with Crippen LogP contribution in [0.4, 0.5) is 5.69 Å². The second-order valence-corrected chi connectivity index (χ2v) is 7.55. The fourth-order valence-electron chi connectivity index (χ4n) is 2.33. The van der Waals surface area contributed by atoms with Crippen molar-refractivity contribution in [2.24, 2.45) is 0 Å². The van der Waals surface area contributed by atoms with Crippen molar-refractivity contribution in [3.63, 3.8) is 0 Å². The van der Waals surface area contributed by atoms with Crippen LogP contribution in [0.5, 0.6) is 0 Å². The summed E-state index contributed by atoms with van der Waals surface area (Å²) in [5.74, 6) is -0.202. The molecule has 0 saturated carbocycles. The highest BCUT2D eigenvalue weighted by atomic mass is 35.5. The number of hydrogen-bond acceptors (Lipinski definition) is 2. The van der Waals surface area contributed by atoms with Gasteiger partial charge in [0.15, 0.2) is 0 Å². The van der Waals surface area contributed by atoms with Gasteiger partial charge in [-0.3, -0.25) is 4.79 Å². The van der Waals surface area contributed by atoms with E-state index in [4.69, 9.17) is 58.0 Å². The van der Waals surface area contributed by atoms with Gasteiger partial charge < -0.3 is 10.1 Å². The summed E-state index contributed by atoms with van der Waals surface area (Å²) >= 11 is 30.6. The van der Waals surface area contributed by atoms with Gasteiger partial charge in [-0.1, -0.05) is 58.0 Å². The molecule has 0 fully saturated rings. The first-order valence-corrected chi connectivity index (χ1v) is 9.60. The molecule has 138 valence electrons. The third-order valence-corrected chi connectivity index (χ3v) is 5.37. The number of hydrogen-bond donors (Lipinski definition) is 1. The monoisotopic (exact) mass is 451 g/mol. The molecule has 2 rings (SSSR count). The fourth-order valence-corrected chi connectivity index (χ4v) is 3.30. The smallest absolute Gasteiger partial charge is 0.224 e. The number of aldehydes is 1. The predicted molar refractivity (Wildman–Crippen MR) is 110 cm³/mol. The Morgan fingerprint density at radius 3 is 2.04 bits per heavy atom. The molecular formula is C18H14Cl5NO2. The van der Waals surface area contributed by atoms with Crippen LogP contribution in [0.1, 0.15) is 25.7 Å². The van der Waals surface area contributed by atoms with Crippen LogP contribution in [0.3, 0.4) is 0 Å². The van der Waals surface area contributed by atoms with Crippen molar-refractivity contribution in [3.8, 4) is 11.1 Å². The van der Waals surface area contributed by atoms with Crippen LogP contribution in [-0.4, -0.2) is 12.2 Å². The molecule has 0 bridgehead atoms. The van der Waals surface area contributed by atoms with E-state index in [9.17, 15) is 9.59 Å². The molecule has 0 spiro atoms. The molecule has 0 aliphatic heterocycles. The van der Waals surface area contributed by atoms with Gasteiger partial charge in [-0.05, 0) is 37.1 Å². The Hall–Kier alpha value is -0.970. The highest BCUT2D eigenvalue weighted by molar-refractivity contribution is 6.44. The number of carbonyl (C=O) groups is 2. The summed E-state index contributed by atoms with van der Waals surface area (Å²) in [6, 6.07) is 6.29. The molecule has 0 aliphatic carbocycles. The Morgan fingerprint density at radius 2 is 1.38 bits per heavy atom. The highest BCUT2D eigenvalue weighted by Gasteiger charge is 2.16. The third-order valence-electron chi connectivity index (χ3n) is 3.61. The lowest BCUT2D eigenvalue weighted by atomic mass is 10.0. The van der Waals surface area contributed by atoms with Crippen LogP contribution in [0.2, 0.25) is 25.1 Å². The van der Waals surface area contributed by atoms with Gasteiger partial charge in [0.2, 0.25) is 5.91 Å².